The number of hydrogen-bond donors (Lipinski definition) is 3. The van der Waals surface area contributed by atoms with Crippen molar-refractivity contribution < 1.29 is 13.9 Å². The summed E-state index contributed by atoms with van der Waals surface area (Å²) in [6.45, 7) is 1.13. The lowest BCUT2D eigenvalue weighted by Crippen LogP contribution is -2.35. The number of carbonyl (C=O) groups excluding carboxylic acids is 1. The number of halogens is 2. The molecule has 1 atom stereocenters. The van der Waals surface area contributed by atoms with Gasteiger partial charge in [0.15, 0.2) is 5.82 Å². The van der Waals surface area contributed by atoms with Crippen LogP contribution in [-0.4, -0.2) is 35.1 Å². The molecule has 7 nitrogen and oxygen atoms in total. The zero-order chi connectivity index (χ0) is 21.1. The van der Waals surface area contributed by atoms with E-state index in [-0.39, 0.29) is 17.7 Å². The summed E-state index contributed by atoms with van der Waals surface area (Å²) in [5, 5.41) is 10.7. The van der Waals surface area contributed by atoms with Gasteiger partial charge in [0.1, 0.15) is 17.2 Å². The fraction of sp³-hybridized carbons (Fsp3) is 0.238. The quantitative estimate of drug-likeness (QED) is 0.566. The number of carbonyl (C=O) groups is 1. The maximum absolute atomic E-state index is 13.3. The molecule has 2 amide bonds. The molecule has 2 aromatic carbocycles. The van der Waals surface area contributed by atoms with Crippen LogP contribution in [0.15, 0.2) is 48.5 Å². The monoisotopic (exact) mass is 429 g/mol. The highest BCUT2D eigenvalue weighted by molar-refractivity contribution is 6.30. The molecule has 156 valence electrons. The zero-order valence-electron chi connectivity index (χ0n) is 16.1. The van der Waals surface area contributed by atoms with Crippen LogP contribution in [0.2, 0.25) is 5.02 Å². The lowest BCUT2D eigenvalue weighted by atomic mass is 10.1. The second kappa shape index (κ2) is 8.73. The SMILES string of the molecule is Nc1c(NC(=O)NCC2CCCO2)c(-c2ccc(Cl)cc2)nn1-c1ccc(F)cc1. The van der Waals surface area contributed by atoms with E-state index in [2.05, 4.69) is 15.7 Å². The van der Waals surface area contributed by atoms with Crippen LogP contribution in [0.4, 0.5) is 20.7 Å². The molecule has 0 radical (unpaired) electrons. The molecule has 1 saturated heterocycles. The molecule has 0 bridgehead atoms. The summed E-state index contributed by atoms with van der Waals surface area (Å²) in [6, 6.07) is 12.4. The number of urea groups is 1. The van der Waals surface area contributed by atoms with Crippen LogP contribution in [0.5, 0.6) is 0 Å². The predicted octanol–water partition coefficient (Wildman–Crippen LogP) is 4.21. The van der Waals surface area contributed by atoms with Gasteiger partial charge < -0.3 is 21.1 Å². The Kier molecular flexibility index (Phi) is 5.87. The van der Waals surface area contributed by atoms with Crippen molar-refractivity contribution >= 4 is 29.1 Å². The number of aromatic nitrogens is 2. The molecule has 1 fully saturated rings. The number of amides is 2. The van der Waals surface area contributed by atoms with E-state index in [9.17, 15) is 9.18 Å². The molecule has 1 unspecified atom stereocenters. The van der Waals surface area contributed by atoms with Crippen molar-refractivity contribution in [1.29, 1.82) is 0 Å². The molecule has 1 aromatic heterocycles. The molecule has 30 heavy (non-hydrogen) atoms. The van der Waals surface area contributed by atoms with Gasteiger partial charge in [-0.05, 0) is 49.2 Å². The lowest BCUT2D eigenvalue weighted by Gasteiger charge is -2.12. The minimum atomic E-state index is -0.411. The van der Waals surface area contributed by atoms with E-state index < -0.39 is 6.03 Å². The lowest BCUT2D eigenvalue weighted by molar-refractivity contribution is 0.112. The average molecular weight is 430 g/mol. The summed E-state index contributed by atoms with van der Waals surface area (Å²) in [5.41, 5.74) is 8.44. The maximum atomic E-state index is 13.3. The molecule has 2 heterocycles. The first-order chi connectivity index (χ1) is 14.5. The van der Waals surface area contributed by atoms with Crippen LogP contribution >= 0.6 is 11.6 Å². The minimum Gasteiger partial charge on any atom is -0.382 e. The highest BCUT2D eigenvalue weighted by atomic mass is 35.5. The van der Waals surface area contributed by atoms with Crippen LogP contribution in [0.25, 0.3) is 16.9 Å². The smallest absolute Gasteiger partial charge is 0.319 e. The van der Waals surface area contributed by atoms with E-state index in [4.69, 9.17) is 22.1 Å². The third-order valence-corrected chi connectivity index (χ3v) is 5.11. The number of hydrogen-bond acceptors (Lipinski definition) is 4. The van der Waals surface area contributed by atoms with Gasteiger partial charge in [-0.3, -0.25) is 0 Å². The van der Waals surface area contributed by atoms with Gasteiger partial charge in [0.25, 0.3) is 0 Å². The Morgan fingerprint density at radius 2 is 1.97 bits per heavy atom. The van der Waals surface area contributed by atoms with Crippen molar-refractivity contribution in [1.82, 2.24) is 15.1 Å². The first-order valence-electron chi connectivity index (χ1n) is 9.58. The third kappa shape index (κ3) is 4.39. The van der Waals surface area contributed by atoms with Gasteiger partial charge >= 0.3 is 6.03 Å². The summed E-state index contributed by atoms with van der Waals surface area (Å²) >= 11 is 6.00. The van der Waals surface area contributed by atoms with E-state index in [1.807, 2.05) is 0 Å². The summed E-state index contributed by atoms with van der Waals surface area (Å²) < 4.78 is 20.3. The number of nitrogen functional groups attached to an aromatic ring is 1. The van der Waals surface area contributed by atoms with Crippen molar-refractivity contribution in [2.75, 3.05) is 24.2 Å². The summed E-state index contributed by atoms with van der Waals surface area (Å²) in [6.07, 6.45) is 1.93. The van der Waals surface area contributed by atoms with Crippen molar-refractivity contribution in [2.24, 2.45) is 0 Å². The Hall–Kier alpha value is -3.10. The maximum Gasteiger partial charge on any atom is 0.319 e. The standard InChI is InChI=1S/C21H21ClFN5O2/c22-14-5-3-13(4-6-14)18-19(26-21(29)25-12-17-2-1-11-30-17)20(24)28(27-18)16-9-7-15(23)8-10-16/h3-10,17H,1-2,11-12,24H2,(H2,25,26,29). The first-order valence-corrected chi connectivity index (χ1v) is 9.96. The number of nitrogens with two attached hydrogens (primary N) is 1. The molecule has 4 N–H and O–H groups in total. The van der Waals surface area contributed by atoms with E-state index >= 15 is 0 Å². The Bertz CT molecular complexity index is 1030. The highest BCUT2D eigenvalue weighted by Gasteiger charge is 2.21. The number of ether oxygens (including phenoxy) is 1. The molecule has 1 aliphatic rings. The van der Waals surface area contributed by atoms with Crippen molar-refractivity contribution in [3.05, 3.63) is 59.4 Å². The first kappa shape index (κ1) is 20.2. The Morgan fingerprint density at radius 3 is 2.63 bits per heavy atom. The van der Waals surface area contributed by atoms with Gasteiger partial charge in [-0.25, -0.2) is 13.9 Å². The molecule has 4 rings (SSSR count). The topological polar surface area (TPSA) is 94.2 Å². The van der Waals surface area contributed by atoms with Gasteiger partial charge in [-0.2, -0.15) is 5.10 Å². The number of rotatable bonds is 5. The van der Waals surface area contributed by atoms with E-state index in [0.29, 0.717) is 35.2 Å². The van der Waals surface area contributed by atoms with Gasteiger partial charge in [-0.15, -0.1) is 0 Å². The number of nitrogens with one attached hydrogen (secondary N) is 2. The Morgan fingerprint density at radius 1 is 1.23 bits per heavy atom. The fourth-order valence-corrected chi connectivity index (χ4v) is 3.44. The fourth-order valence-electron chi connectivity index (χ4n) is 3.31. The normalized spacial score (nSPS) is 15.9. The summed E-state index contributed by atoms with van der Waals surface area (Å²) in [5.74, 6) is -0.145. The number of anilines is 2. The van der Waals surface area contributed by atoms with Crippen molar-refractivity contribution in [3.63, 3.8) is 0 Å². The molecule has 1 aliphatic heterocycles. The molecular formula is C21H21ClFN5O2. The van der Waals surface area contributed by atoms with Gasteiger partial charge in [-0.1, -0.05) is 23.7 Å². The summed E-state index contributed by atoms with van der Waals surface area (Å²) in [7, 11) is 0. The van der Waals surface area contributed by atoms with E-state index in [1.165, 1.54) is 16.8 Å². The molecule has 9 heteroatoms. The van der Waals surface area contributed by atoms with E-state index in [1.54, 1.807) is 36.4 Å². The Labute approximate surface area is 178 Å². The average Bonchev–Trinajstić information content (AvgIpc) is 3.37. The third-order valence-electron chi connectivity index (χ3n) is 4.86. The summed E-state index contributed by atoms with van der Waals surface area (Å²) in [4.78, 5) is 12.5. The largest absolute Gasteiger partial charge is 0.382 e. The second-order valence-electron chi connectivity index (χ2n) is 6.97. The van der Waals surface area contributed by atoms with Crippen molar-refractivity contribution in [3.8, 4) is 16.9 Å². The van der Waals surface area contributed by atoms with Gasteiger partial charge in [0, 0.05) is 23.7 Å². The number of benzene rings is 2. The highest BCUT2D eigenvalue weighted by Crippen LogP contribution is 2.34. The predicted molar refractivity (Wildman–Crippen MR) is 114 cm³/mol. The number of nitrogens with zero attached hydrogens (tertiary/aromatic N) is 2. The molecule has 0 spiro atoms. The van der Waals surface area contributed by atoms with Gasteiger partial charge in [0.05, 0.1) is 11.8 Å². The van der Waals surface area contributed by atoms with Crippen LogP contribution in [0.1, 0.15) is 12.8 Å². The molecule has 0 saturated carbocycles. The molecule has 3 aromatic rings. The van der Waals surface area contributed by atoms with Crippen molar-refractivity contribution in [2.45, 2.75) is 18.9 Å². The van der Waals surface area contributed by atoms with Crippen LogP contribution in [-0.2, 0) is 4.74 Å². The van der Waals surface area contributed by atoms with Crippen LogP contribution in [0.3, 0.4) is 0 Å². The molecule has 0 aliphatic carbocycles. The van der Waals surface area contributed by atoms with Crippen LogP contribution < -0.4 is 16.4 Å². The van der Waals surface area contributed by atoms with E-state index in [0.717, 1.165) is 18.4 Å². The second-order valence-corrected chi connectivity index (χ2v) is 7.41. The van der Waals surface area contributed by atoms with Crippen LogP contribution in [0, 0.1) is 5.82 Å². The minimum absolute atomic E-state index is 0.0192. The molecular weight excluding hydrogens is 409 g/mol. The van der Waals surface area contributed by atoms with Gasteiger partial charge in [0.2, 0.25) is 0 Å². The zero-order valence-corrected chi connectivity index (χ0v) is 16.8. The Balaban J connectivity index is 1.64.